The fourth-order valence-corrected chi connectivity index (χ4v) is 3.70. The average molecular weight is 494 g/mol. The number of fused-ring (bicyclic) bond motifs is 1. The van der Waals surface area contributed by atoms with Crippen molar-refractivity contribution in [2.24, 2.45) is 0 Å². The molecule has 0 aliphatic rings. The van der Waals surface area contributed by atoms with E-state index in [9.17, 15) is 9.90 Å². The first-order chi connectivity index (χ1) is 16.5. The van der Waals surface area contributed by atoms with Crippen LogP contribution in [-0.4, -0.2) is 31.2 Å². The summed E-state index contributed by atoms with van der Waals surface area (Å²) in [4.78, 5) is 17.3. The minimum atomic E-state index is -1.25. The minimum Gasteiger partial charge on any atom is -0.545 e. The van der Waals surface area contributed by atoms with Crippen molar-refractivity contribution in [3.63, 3.8) is 0 Å². The molecule has 5 rings (SSSR count). The number of nitrogens with zero attached hydrogens (tertiary/aromatic N) is 5. The third kappa shape index (κ3) is 5.86. The number of hydrogen-bond donors (Lipinski definition) is 0. The predicted molar refractivity (Wildman–Crippen MR) is 124 cm³/mol. The van der Waals surface area contributed by atoms with Gasteiger partial charge in [0.25, 0.3) is 0 Å². The van der Waals surface area contributed by atoms with E-state index in [4.69, 9.17) is 16.3 Å². The van der Waals surface area contributed by atoms with Gasteiger partial charge in [0.2, 0.25) is 5.82 Å². The summed E-state index contributed by atoms with van der Waals surface area (Å²) in [6.07, 6.45) is 0. The Labute approximate surface area is 227 Å². The summed E-state index contributed by atoms with van der Waals surface area (Å²) in [7, 11) is 0. The quantitative estimate of drug-likeness (QED) is 0.305. The van der Waals surface area contributed by atoms with Crippen LogP contribution < -0.4 is 39.4 Å². The molecule has 0 radical (unpaired) electrons. The van der Waals surface area contributed by atoms with Crippen LogP contribution in [0, 0.1) is 0 Å². The summed E-state index contributed by atoms with van der Waals surface area (Å²) in [6.45, 7) is 0.441. The van der Waals surface area contributed by atoms with Gasteiger partial charge in [0, 0.05) is 21.5 Å². The molecule has 0 unspecified atom stereocenters. The Balaban J connectivity index is 0.00000289. The zero-order chi connectivity index (χ0) is 23.5. The van der Waals surface area contributed by atoms with E-state index in [1.54, 1.807) is 18.2 Å². The summed E-state index contributed by atoms with van der Waals surface area (Å²) in [5.74, 6) is -0.219. The van der Waals surface area contributed by atoms with E-state index in [-0.39, 0.29) is 48.3 Å². The van der Waals surface area contributed by atoms with E-state index in [0.717, 1.165) is 22.2 Å². The molecule has 0 saturated heterocycles. The Bertz CT molecular complexity index is 1510. The Morgan fingerprint density at radius 2 is 1.83 bits per heavy atom. The predicted octanol–water partition coefficient (Wildman–Crippen LogP) is 0.536. The topological polar surface area (TPSA) is 106 Å². The number of benzene rings is 3. The maximum atomic E-state index is 11.3. The number of aromatic nitrogens is 5. The van der Waals surface area contributed by atoms with E-state index in [2.05, 4.69) is 20.4 Å². The second-order valence-electron chi connectivity index (χ2n) is 7.54. The number of pyridine rings is 1. The minimum absolute atomic E-state index is 0. The van der Waals surface area contributed by atoms with Crippen molar-refractivity contribution in [2.75, 3.05) is 0 Å². The number of rotatable bonds is 7. The molecule has 0 bridgehead atoms. The van der Waals surface area contributed by atoms with Gasteiger partial charge in [-0.15, -0.1) is 10.2 Å². The SMILES string of the molecule is O=C([O-])c1ccccc1Cn1nnc(-c2cccc(OCc3ccc4ccc(Cl)cc4n3)c2)n1.[Na+]. The van der Waals surface area contributed by atoms with Crippen LogP contribution in [0.2, 0.25) is 5.02 Å². The molecule has 0 aliphatic heterocycles. The molecule has 0 spiro atoms. The zero-order valence-corrected chi connectivity index (χ0v) is 21.5. The maximum Gasteiger partial charge on any atom is 1.00 e. The number of carboxylic acid groups (broad SMARTS) is 1. The van der Waals surface area contributed by atoms with Gasteiger partial charge in [-0.1, -0.05) is 60.1 Å². The molecule has 0 atom stereocenters. The number of aromatic carboxylic acids is 1. The van der Waals surface area contributed by atoms with Crippen LogP contribution in [0.5, 0.6) is 5.75 Å². The number of carbonyl (C=O) groups is 1. The summed E-state index contributed by atoms with van der Waals surface area (Å²) in [5.41, 5.74) is 2.93. The molecule has 0 N–H and O–H groups in total. The van der Waals surface area contributed by atoms with Gasteiger partial charge in [-0.2, -0.15) is 4.80 Å². The van der Waals surface area contributed by atoms with Gasteiger partial charge in [0.1, 0.15) is 12.4 Å². The first-order valence-electron chi connectivity index (χ1n) is 10.4. The smallest absolute Gasteiger partial charge is 0.545 e. The van der Waals surface area contributed by atoms with Gasteiger partial charge in [0.05, 0.1) is 23.7 Å². The number of carboxylic acids is 1. The van der Waals surface area contributed by atoms with Gasteiger partial charge >= 0.3 is 29.6 Å². The average Bonchev–Trinajstić information content (AvgIpc) is 3.31. The van der Waals surface area contributed by atoms with Crippen LogP contribution in [0.3, 0.4) is 0 Å². The second-order valence-corrected chi connectivity index (χ2v) is 7.98. The van der Waals surface area contributed by atoms with Crippen molar-refractivity contribution in [1.29, 1.82) is 0 Å². The second kappa shape index (κ2) is 11.0. The van der Waals surface area contributed by atoms with Crippen LogP contribution in [0.25, 0.3) is 22.3 Å². The molecular weight excluding hydrogens is 477 g/mol. The fraction of sp³-hybridized carbons (Fsp3) is 0.0800. The van der Waals surface area contributed by atoms with E-state index in [0.29, 0.717) is 22.2 Å². The Hall–Kier alpha value is -3.30. The van der Waals surface area contributed by atoms with Crippen molar-refractivity contribution >= 4 is 28.5 Å². The molecule has 0 fully saturated rings. The molecule has 8 nitrogen and oxygen atoms in total. The molecule has 0 saturated carbocycles. The molecule has 0 aliphatic carbocycles. The number of halogens is 1. The Kier molecular flexibility index (Phi) is 7.77. The van der Waals surface area contributed by atoms with Crippen molar-refractivity contribution in [3.05, 3.63) is 101 Å². The van der Waals surface area contributed by atoms with Gasteiger partial charge in [-0.05, 0) is 41.1 Å². The molecule has 35 heavy (non-hydrogen) atoms. The Morgan fingerprint density at radius 1 is 1.00 bits per heavy atom. The van der Waals surface area contributed by atoms with Gasteiger partial charge in [0.15, 0.2) is 0 Å². The van der Waals surface area contributed by atoms with Gasteiger partial charge in [-0.25, -0.2) is 4.98 Å². The summed E-state index contributed by atoms with van der Waals surface area (Å²) >= 11 is 6.07. The number of hydrogen-bond acceptors (Lipinski definition) is 7. The molecule has 2 aromatic heterocycles. The monoisotopic (exact) mass is 493 g/mol. The molecule has 10 heteroatoms. The summed E-state index contributed by atoms with van der Waals surface area (Å²) in [5, 5.41) is 25.5. The molecular formula is C25H17ClN5NaO3. The zero-order valence-electron chi connectivity index (χ0n) is 18.8. The third-order valence-electron chi connectivity index (χ3n) is 5.19. The van der Waals surface area contributed by atoms with E-state index < -0.39 is 5.97 Å². The van der Waals surface area contributed by atoms with E-state index in [1.807, 2.05) is 54.6 Å². The third-order valence-corrected chi connectivity index (χ3v) is 5.43. The van der Waals surface area contributed by atoms with Crippen molar-refractivity contribution in [1.82, 2.24) is 25.2 Å². The van der Waals surface area contributed by atoms with Crippen molar-refractivity contribution in [3.8, 4) is 17.1 Å². The van der Waals surface area contributed by atoms with Crippen LogP contribution in [0.1, 0.15) is 21.6 Å². The fourth-order valence-electron chi connectivity index (χ4n) is 3.53. The molecule has 5 aromatic rings. The van der Waals surface area contributed by atoms with Crippen LogP contribution in [0.4, 0.5) is 0 Å². The standard InChI is InChI=1S/C25H18ClN5O3.Na/c26-19-10-8-16-9-11-20(27-23(16)13-19)15-34-21-6-3-5-17(12-21)24-28-30-31(29-24)14-18-4-1-2-7-22(18)25(32)33;/h1-13H,14-15H2,(H,32,33);/q;+1/p-1. The van der Waals surface area contributed by atoms with Crippen LogP contribution >= 0.6 is 11.6 Å². The number of ether oxygens (including phenoxy) is 1. The first kappa shape index (κ1) is 24.8. The largest absolute Gasteiger partial charge is 1.00 e. The molecule has 3 aromatic carbocycles. The van der Waals surface area contributed by atoms with Crippen LogP contribution in [-0.2, 0) is 13.2 Å². The number of tetrazole rings is 1. The normalized spacial score (nSPS) is 10.7. The number of carbonyl (C=O) groups excluding carboxylic acids is 1. The molecule has 0 amide bonds. The van der Waals surface area contributed by atoms with E-state index in [1.165, 1.54) is 10.9 Å². The van der Waals surface area contributed by atoms with Gasteiger partial charge < -0.3 is 14.6 Å². The summed E-state index contributed by atoms with van der Waals surface area (Å²) in [6, 6.07) is 23.4. The Morgan fingerprint density at radius 3 is 2.69 bits per heavy atom. The van der Waals surface area contributed by atoms with Crippen molar-refractivity contribution in [2.45, 2.75) is 13.2 Å². The van der Waals surface area contributed by atoms with Crippen molar-refractivity contribution < 1.29 is 44.2 Å². The van der Waals surface area contributed by atoms with Crippen LogP contribution in [0.15, 0.2) is 78.9 Å². The maximum absolute atomic E-state index is 11.3. The van der Waals surface area contributed by atoms with Gasteiger partial charge in [-0.3, -0.25) is 0 Å². The first-order valence-corrected chi connectivity index (χ1v) is 10.8. The van der Waals surface area contributed by atoms with E-state index >= 15 is 0 Å². The molecule has 168 valence electrons. The molecule has 2 heterocycles. The summed E-state index contributed by atoms with van der Waals surface area (Å²) < 4.78 is 5.93.